The molecule has 100 valence electrons. The SMILES string of the molecule is CCOc1cccc(S(=O)(=O)N2CC[C@H](N)C2)c1. The van der Waals surface area contributed by atoms with Crippen LogP contribution in [0.4, 0.5) is 0 Å². The van der Waals surface area contributed by atoms with Gasteiger partial charge in [-0.25, -0.2) is 8.42 Å². The second-order valence-electron chi connectivity index (χ2n) is 4.32. The fourth-order valence-electron chi connectivity index (χ4n) is 2.01. The van der Waals surface area contributed by atoms with E-state index < -0.39 is 10.0 Å². The average Bonchev–Trinajstić information content (AvgIpc) is 2.77. The summed E-state index contributed by atoms with van der Waals surface area (Å²) in [6.07, 6.45) is 0.713. The highest BCUT2D eigenvalue weighted by Crippen LogP contribution is 2.23. The average molecular weight is 270 g/mol. The first-order valence-corrected chi connectivity index (χ1v) is 7.46. The largest absolute Gasteiger partial charge is 0.494 e. The van der Waals surface area contributed by atoms with Crippen molar-refractivity contribution in [3.05, 3.63) is 24.3 Å². The normalized spacial score (nSPS) is 21.1. The molecule has 2 rings (SSSR count). The molecule has 6 heteroatoms. The van der Waals surface area contributed by atoms with Crippen LogP contribution < -0.4 is 10.5 Å². The molecule has 2 N–H and O–H groups in total. The Morgan fingerprint density at radius 2 is 2.28 bits per heavy atom. The monoisotopic (exact) mass is 270 g/mol. The highest BCUT2D eigenvalue weighted by atomic mass is 32.2. The standard InChI is InChI=1S/C12H18N2O3S/c1-2-17-11-4-3-5-12(8-11)18(15,16)14-7-6-10(13)9-14/h3-5,8,10H,2,6-7,9,13H2,1H3/t10-/m0/s1. The maximum absolute atomic E-state index is 12.4. The van der Waals surface area contributed by atoms with Crippen molar-refractivity contribution >= 4 is 10.0 Å². The van der Waals surface area contributed by atoms with Crippen molar-refractivity contribution in [3.8, 4) is 5.75 Å². The Bertz CT molecular complexity index is 516. The fraction of sp³-hybridized carbons (Fsp3) is 0.500. The zero-order chi connectivity index (χ0) is 13.2. The predicted molar refractivity (Wildman–Crippen MR) is 69.0 cm³/mol. The van der Waals surface area contributed by atoms with Gasteiger partial charge >= 0.3 is 0 Å². The second kappa shape index (κ2) is 5.26. The van der Waals surface area contributed by atoms with Gasteiger partial charge in [0.25, 0.3) is 0 Å². The van der Waals surface area contributed by atoms with E-state index in [1.165, 1.54) is 4.31 Å². The molecule has 1 aliphatic heterocycles. The van der Waals surface area contributed by atoms with E-state index in [0.717, 1.165) is 0 Å². The molecular weight excluding hydrogens is 252 g/mol. The van der Waals surface area contributed by atoms with Crippen LogP contribution in [-0.2, 0) is 10.0 Å². The Morgan fingerprint density at radius 3 is 2.89 bits per heavy atom. The summed E-state index contributed by atoms with van der Waals surface area (Å²) < 4.78 is 31.5. The lowest BCUT2D eigenvalue weighted by molar-refractivity contribution is 0.339. The molecule has 0 bridgehead atoms. The van der Waals surface area contributed by atoms with Gasteiger partial charge in [-0.15, -0.1) is 0 Å². The van der Waals surface area contributed by atoms with Crippen LogP contribution in [0.1, 0.15) is 13.3 Å². The van der Waals surface area contributed by atoms with E-state index in [4.69, 9.17) is 10.5 Å². The zero-order valence-corrected chi connectivity index (χ0v) is 11.2. The van der Waals surface area contributed by atoms with Gasteiger partial charge < -0.3 is 10.5 Å². The number of benzene rings is 1. The minimum absolute atomic E-state index is 0.0603. The Kier molecular flexibility index (Phi) is 3.89. The molecule has 1 fully saturated rings. The van der Waals surface area contributed by atoms with E-state index in [0.29, 0.717) is 31.9 Å². The third-order valence-corrected chi connectivity index (χ3v) is 4.80. The van der Waals surface area contributed by atoms with Crippen LogP contribution in [0, 0.1) is 0 Å². The molecule has 1 saturated heterocycles. The number of hydrogen-bond donors (Lipinski definition) is 1. The predicted octanol–water partition coefficient (Wildman–Crippen LogP) is 0.807. The molecule has 0 aromatic heterocycles. The Hall–Kier alpha value is -1.11. The number of rotatable bonds is 4. The van der Waals surface area contributed by atoms with Crippen molar-refractivity contribution in [2.45, 2.75) is 24.3 Å². The lowest BCUT2D eigenvalue weighted by atomic mass is 10.3. The Labute approximate surface area is 108 Å². The molecule has 0 unspecified atom stereocenters. The number of hydrogen-bond acceptors (Lipinski definition) is 4. The van der Waals surface area contributed by atoms with Crippen LogP contribution in [0.15, 0.2) is 29.2 Å². The van der Waals surface area contributed by atoms with Gasteiger partial charge in [-0.05, 0) is 25.5 Å². The van der Waals surface area contributed by atoms with E-state index in [1.807, 2.05) is 6.92 Å². The fourth-order valence-corrected chi connectivity index (χ4v) is 3.56. The minimum atomic E-state index is -3.44. The molecule has 0 aliphatic carbocycles. The van der Waals surface area contributed by atoms with Crippen LogP contribution in [0.3, 0.4) is 0 Å². The smallest absolute Gasteiger partial charge is 0.243 e. The van der Waals surface area contributed by atoms with Crippen molar-refractivity contribution < 1.29 is 13.2 Å². The summed E-state index contributed by atoms with van der Waals surface area (Å²) in [6, 6.07) is 6.52. The number of nitrogens with two attached hydrogens (primary N) is 1. The minimum Gasteiger partial charge on any atom is -0.494 e. The van der Waals surface area contributed by atoms with Gasteiger partial charge in [0.2, 0.25) is 10.0 Å². The van der Waals surface area contributed by atoms with Gasteiger partial charge in [0.15, 0.2) is 0 Å². The molecule has 1 aromatic rings. The highest BCUT2D eigenvalue weighted by Gasteiger charge is 2.30. The van der Waals surface area contributed by atoms with Crippen LogP contribution in [0.5, 0.6) is 5.75 Å². The van der Waals surface area contributed by atoms with Crippen molar-refractivity contribution in [2.24, 2.45) is 5.73 Å². The van der Waals surface area contributed by atoms with Crippen LogP contribution in [0.25, 0.3) is 0 Å². The molecule has 1 aromatic carbocycles. The first-order chi connectivity index (χ1) is 8.54. The number of ether oxygens (including phenoxy) is 1. The Balaban J connectivity index is 2.26. The number of sulfonamides is 1. The molecule has 1 aliphatic rings. The molecule has 1 atom stereocenters. The van der Waals surface area contributed by atoms with E-state index in [2.05, 4.69) is 0 Å². The summed E-state index contributed by atoms with van der Waals surface area (Å²) in [5.41, 5.74) is 5.75. The third-order valence-electron chi connectivity index (χ3n) is 2.94. The van der Waals surface area contributed by atoms with Crippen molar-refractivity contribution in [3.63, 3.8) is 0 Å². The third kappa shape index (κ3) is 2.66. The summed E-state index contributed by atoms with van der Waals surface area (Å²) in [5, 5.41) is 0. The van der Waals surface area contributed by atoms with Gasteiger partial charge in [-0.2, -0.15) is 4.31 Å². The molecule has 0 radical (unpaired) electrons. The first-order valence-electron chi connectivity index (χ1n) is 6.02. The van der Waals surface area contributed by atoms with Crippen molar-refractivity contribution in [2.75, 3.05) is 19.7 Å². The second-order valence-corrected chi connectivity index (χ2v) is 6.26. The van der Waals surface area contributed by atoms with E-state index in [1.54, 1.807) is 24.3 Å². The van der Waals surface area contributed by atoms with Gasteiger partial charge in [-0.3, -0.25) is 0 Å². The molecular formula is C12H18N2O3S. The Morgan fingerprint density at radius 1 is 1.50 bits per heavy atom. The van der Waals surface area contributed by atoms with Crippen LogP contribution in [0.2, 0.25) is 0 Å². The maximum Gasteiger partial charge on any atom is 0.243 e. The molecule has 0 amide bonds. The van der Waals surface area contributed by atoms with Crippen LogP contribution in [-0.4, -0.2) is 38.5 Å². The van der Waals surface area contributed by atoms with E-state index in [-0.39, 0.29) is 10.9 Å². The number of nitrogens with zero attached hydrogens (tertiary/aromatic N) is 1. The van der Waals surface area contributed by atoms with E-state index in [9.17, 15) is 8.42 Å². The zero-order valence-electron chi connectivity index (χ0n) is 10.4. The molecule has 5 nitrogen and oxygen atoms in total. The molecule has 18 heavy (non-hydrogen) atoms. The molecule has 0 spiro atoms. The topological polar surface area (TPSA) is 72.6 Å². The molecule has 1 heterocycles. The first kappa shape index (κ1) is 13.3. The lowest BCUT2D eigenvalue weighted by Crippen LogP contribution is -2.31. The highest BCUT2D eigenvalue weighted by molar-refractivity contribution is 7.89. The van der Waals surface area contributed by atoms with Crippen molar-refractivity contribution in [1.29, 1.82) is 0 Å². The summed E-state index contributed by atoms with van der Waals surface area (Å²) >= 11 is 0. The quantitative estimate of drug-likeness (QED) is 0.878. The summed E-state index contributed by atoms with van der Waals surface area (Å²) in [4.78, 5) is 0.266. The molecule has 0 saturated carbocycles. The summed E-state index contributed by atoms with van der Waals surface area (Å²) in [6.45, 7) is 3.25. The summed E-state index contributed by atoms with van der Waals surface area (Å²) in [5.74, 6) is 0.571. The van der Waals surface area contributed by atoms with Gasteiger partial charge in [-0.1, -0.05) is 6.07 Å². The maximum atomic E-state index is 12.4. The van der Waals surface area contributed by atoms with Crippen LogP contribution >= 0.6 is 0 Å². The van der Waals surface area contributed by atoms with Gasteiger partial charge in [0.05, 0.1) is 11.5 Å². The van der Waals surface area contributed by atoms with Gasteiger partial charge in [0, 0.05) is 25.2 Å². The van der Waals surface area contributed by atoms with Crippen molar-refractivity contribution in [1.82, 2.24) is 4.31 Å². The summed E-state index contributed by atoms with van der Waals surface area (Å²) in [7, 11) is -3.44. The lowest BCUT2D eigenvalue weighted by Gasteiger charge is -2.16. The van der Waals surface area contributed by atoms with Gasteiger partial charge in [0.1, 0.15) is 5.75 Å². The van der Waals surface area contributed by atoms with E-state index >= 15 is 0 Å².